The minimum Gasteiger partial charge on any atom is -0.476 e. The zero-order valence-corrected chi connectivity index (χ0v) is 11.5. The van der Waals surface area contributed by atoms with Crippen molar-refractivity contribution >= 4 is 5.97 Å². The van der Waals surface area contributed by atoms with Gasteiger partial charge in [-0.25, -0.2) is 18.3 Å². The molecule has 0 radical (unpaired) electrons. The molecule has 112 valence electrons. The molecule has 0 amide bonds. The van der Waals surface area contributed by atoms with Crippen LogP contribution in [0.5, 0.6) is 0 Å². The molecule has 0 aliphatic carbocycles. The zero-order chi connectivity index (χ0) is 15.9. The van der Waals surface area contributed by atoms with Crippen molar-refractivity contribution in [3.8, 4) is 11.5 Å². The molecule has 0 atom stereocenters. The third-order valence-corrected chi connectivity index (χ3v) is 3.28. The minimum atomic E-state index is -1.22. The highest BCUT2D eigenvalue weighted by Gasteiger charge is 2.22. The first-order valence-corrected chi connectivity index (χ1v) is 6.40. The van der Waals surface area contributed by atoms with Gasteiger partial charge in [-0.15, -0.1) is 0 Å². The smallest absolute Gasteiger partial charge is 0.356 e. The van der Waals surface area contributed by atoms with Crippen LogP contribution in [-0.2, 0) is 0 Å². The Morgan fingerprint density at radius 2 is 1.91 bits per heavy atom. The normalized spacial score (nSPS) is 10.9. The number of hydrogen-bond donors (Lipinski definition) is 1. The molecule has 22 heavy (non-hydrogen) atoms. The molecule has 1 aromatic carbocycles. The lowest BCUT2D eigenvalue weighted by atomic mass is 10.2. The maximum atomic E-state index is 14.0. The average Bonchev–Trinajstić information content (AvgIpc) is 3.06. The first-order chi connectivity index (χ1) is 10.5. The van der Waals surface area contributed by atoms with Crippen LogP contribution in [0.3, 0.4) is 0 Å². The van der Waals surface area contributed by atoms with E-state index in [-0.39, 0.29) is 11.4 Å². The summed E-state index contributed by atoms with van der Waals surface area (Å²) in [5, 5.41) is 13.2. The average molecular weight is 303 g/mol. The number of hydrogen-bond acceptors (Lipinski definition) is 2. The van der Waals surface area contributed by atoms with E-state index in [9.17, 15) is 18.7 Å². The van der Waals surface area contributed by atoms with E-state index in [4.69, 9.17) is 0 Å². The molecule has 7 heteroatoms. The summed E-state index contributed by atoms with van der Waals surface area (Å²) < 4.78 is 29.9. The third kappa shape index (κ3) is 2.16. The molecule has 0 fully saturated rings. The van der Waals surface area contributed by atoms with Crippen molar-refractivity contribution in [3.63, 3.8) is 0 Å². The van der Waals surface area contributed by atoms with Crippen LogP contribution in [0.2, 0.25) is 0 Å². The van der Waals surface area contributed by atoms with Gasteiger partial charge in [0.05, 0.1) is 0 Å². The zero-order valence-electron chi connectivity index (χ0n) is 11.5. The van der Waals surface area contributed by atoms with Crippen molar-refractivity contribution < 1.29 is 18.7 Å². The molecule has 0 unspecified atom stereocenters. The Labute approximate surface area is 124 Å². The van der Waals surface area contributed by atoms with E-state index in [0.29, 0.717) is 11.4 Å². The van der Waals surface area contributed by atoms with Crippen molar-refractivity contribution in [1.82, 2.24) is 14.3 Å². The van der Waals surface area contributed by atoms with Gasteiger partial charge in [-0.2, -0.15) is 5.10 Å². The monoisotopic (exact) mass is 303 g/mol. The molecule has 2 heterocycles. The number of carboxylic acid groups (broad SMARTS) is 1. The SMILES string of the molecule is Cc1c(C(=O)O)nn(-c2ccc(F)cc2F)c1-n1cccc1. The minimum absolute atomic E-state index is 0.0271. The van der Waals surface area contributed by atoms with Gasteiger partial charge in [0.25, 0.3) is 0 Å². The first-order valence-electron chi connectivity index (χ1n) is 6.40. The van der Waals surface area contributed by atoms with Crippen LogP contribution in [0.25, 0.3) is 11.5 Å². The van der Waals surface area contributed by atoms with Crippen molar-refractivity contribution in [2.45, 2.75) is 6.92 Å². The summed E-state index contributed by atoms with van der Waals surface area (Å²) in [7, 11) is 0. The van der Waals surface area contributed by atoms with Crippen LogP contribution < -0.4 is 0 Å². The summed E-state index contributed by atoms with van der Waals surface area (Å²) >= 11 is 0. The van der Waals surface area contributed by atoms with Crippen LogP contribution in [0.4, 0.5) is 8.78 Å². The van der Waals surface area contributed by atoms with E-state index in [2.05, 4.69) is 5.10 Å². The second kappa shape index (κ2) is 5.10. The van der Waals surface area contributed by atoms with Crippen LogP contribution >= 0.6 is 0 Å². The Kier molecular flexibility index (Phi) is 3.25. The van der Waals surface area contributed by atoms with Crippen molar-refractivity contribution in [2.24, 2.45) is 0 Å². The van der Waals surface area contributed by atoms with Gasteiger partial charge in [-0.05, 0) is 31.2 Å². The molecule has 2 aromatic heterocycles. The lowest BCUT2D eigenvalue weighted by Crippen LogP contribution is -2.07. The van der Waals surface area contributed by atoms with Crippen LogP contribution in [0.15, 0.2) is 42.7 Å². The lowest BCUT2D eigenvalue weighted by Gasteiger charge is -2.10. The predicted octanol–water partition coefficient (Wildman–Crippen LogP) is 2.95. The highest BCUT2D eigenvalue weighted by Crippen LogP contribution is 2.24. The molecule has 0 spiro atoms. The molecule has 3 aromatic rings. The largest absolute Gasteiger partial charge is 0.476 e. The molecule has 3 rings (SSSR count). The number of aromatic carboxylic acids is 1. The van der Waals surface area contributed by atoms with Gasteiger partial charge in [0.2, 0.25) is 0 Å². The van der Waals surface area contributed by atoms with Crippen molar-refractivity contribution in [1.29, 1.82) is 0 Å². The highest BCUT2D eigenvalue weighted by atomic mass is 19.1. The maximum absolute atomic E-state index is 14.0. The Morgan fingerprint density at radius 3 is 2.50 bits per heavy atom. The third-order valence-electron chi connectivity index (χ3n) is 3.28. The molecule has 0 aliphatic rings. The van der Waals surface area contributed by atoms with E-state index in [1.165, 1.54) is 6.07 Å². The summed E-state index contributed by atoms with van der Waals surface area (Å²) in [6.07, 6.45) is 3.38. The molecular weight excluding hydrogens is 292 g/mol. The number of carbonyl (C=O) groups is 1. The van der Waals surface area contributed by atoms with Gasteiger partial charge in [0.1, 0.15) is 17.3 Å². The summed E-state index contributed by atoms with van der Waals surface area (Å²) in [5.41, 5.74) is 0.167. The standard InChI is InChI=1S/C15H11F2N3O2/c1-9-13(15(21)22)18-20(14(9)19-6-2-3-7-19)12-5-4-10(16)8-11(12)17/h2-8H,1H3,(H,21,22). The van der Waals surface area contributed by atoms with Crippen molar-refractivity contribution in [2.75, 3.05) is 0 Å². The van der Waals surface area contributed by atoms with Gasteiger partial charge in [0, 0.05) is 24.0 Å². The molecule has 0 saturated carbocycles. The Hall–Kier alpha value is -2.96. The van der Waals surface area contributed by atoms with E-state index < -0.39 is 17.6 Å². The van der Waals surface area contributed by atoms with E-state index in [0.717, 1.165) is 16.8 Å². The Bertz CT molecular complexity index is 854. The maximum Gasteiger partial charge on any atom is 0.356 e. The van der Waals surface area contributed by atoms with Crippen LogP contribution in [0, 0.1) is 18.6 Å². The van der Waals surface area contributed by atoms with E-state index >= 15 is 0 Å². The number of halogens is 2. The molecule has 1 N–H and O–H groups in total. The quantitative estimate of drug-likeness (QED) is 0.809. The van der Waals surface area contributed by atoms with Gasteiger partial charge >= 0.3 is 5.97 Å². The molecular formula is C15H11F2N3O2. The Morgan fingerprint density at radius 1 is 1.23 bits per heavy atom. The molecule has 5 nitrogen and oxygen atoms in total. The second-order valence-electron chi connectivity index (χ2n) is 4.70. The number of carboxylic acids is 1. The summed E-state index contributed by atoms with van der Waals surface area (Å²) in [4.78, 5) is 11.3. The van der Waals surface area contributed by atoms with E-state index in [1.807, 2.05) is 0 Å². The summed E-state index contributed by atoms with van der Waals surface area (Å²) in [6, 6.07) is 6.54. The number of aromatic nitrogens is 3. The fourth-order valence-electron chi connectivity index (χ4n) is 2.29. The molecule has 0 saturated heterocycles. The van der Waals surface area contributed by atoms with Crippen LogP contribution in [0.1, 0.15) is 16.1 Å². The fraction of sp³-hybridized carbons (Fsp3) is 0.0667. The molecule has 0 bridgehead atoms. The number of nitrogens with zero attached hydrogens (tertiary/aromatic N) is 3. The lowest BCUT2D eigenvalue weighted by molar-refractivity contribution is 0.0689. The second-order valence-corrected chi connectivity index (χ2v) is 4.70. The first kappa shape index (κ1) is 14.0. The van der Waals surface area contributed by atoms with Gasteiger partial charge in [-0.1, -0.05) is 0 Å². The molecule has 0 aliphatic heterocycles. The van der Waals surface area contributed by atoms with Crippen LogP contribution in [-0.4, -0.2) is 25.4 Å². The highest BCUT2D eigenvalue weighted by molar-refractivity contribution is 5.88. The van der Waals surface area contributed by atoms with Gasteiger partial charge in [0.15, 0.2) is 11.5 Å². The fourth-order valence-corrected chi connectivity index (χ4v) is 2.29. The number of benzene rings is 1. The number of rotatable bonds is 3. The van der Waals surface area contributed by atoms with Crippen molar-refractivity contribution in [3.05, 3.63) is 65.6 Å². The summed E-state index contributed by atoms with van der Waals surface area (Å²) in [5.74, 6) is -2.38. The summed E-state index contributed by atoms with van der Waals surface area (Å²) in [6.45, 7) is 1.59. The van der Waals surface area contributed by atoms with Gasteiger partial charge < -0.3 is 9.67 Å². The van der Waals surface area contributed by atoms with Gasteiger partial charge in [-0.3, -0.25) is 0 Å². The van der Waals surface area contributed by atoms with E-state index in [1.54, 1.807) is 36.0 Å². The Balaban J connectivity index is 2.31. The topological polar surface area (TPSA) is 60.0 Å². The predicted molar refractivity (Wildman–Crippen MR) is 74.5 cm³/mol.